The van der Waals surface area contributed by atoms with Crippen LogP contribution in [0, 0.1) is 10.5 Å². The normalized spacial score (nSPS) is 14.2. The summed E-state index contributed by atoms with van der Waals surface area (Å²) in [5, 5.41) is 0.765. The fourth-order valence-corrected chi connectivity index (χ4v) is 4.40. The minimum atomic E-state index is -0.547. The molecule has 0 atom stereocenters. The molecular formula is C26H20Cl2INO4. The van der Waals surface area contributed by atoms with Gasteiger partial charge in [-0.1, -0.05) is 47.5 Å². The number of nitrogens with zero attached hydrogens (tertiary/aromatic N) is 1. The van der Waals surface area contributed by atoms with Crippen LogP contribution >= 0.6 is 45.8 Å². The number of carbonyl (C=O) groups excluding carboxylic acids is 1. The molecule has 1 aliphatic rings. The zero-order chi connectivity index (χ0) is 24.2. The van der Waals surface area contributed by atoms with Gasteiger partial charge in [-0.2, -0.15) is 0 Å². The van der Waals surface area contributed by atoms with Crippen molar-refractivity contribution in [3.63, 3.8) is 0 Å². The fourth-order valence-electron chi connectivity index (χ4n) is 3.32. The van der Waals surface area contributed by atoms with Crippen molar-refractivity contribution in [3.05, 3.63) is 96.2 Å². The maximum Gasteiger partial charge on any atom is 0.363 e. The van der Waals surface area contributed by atoms with Gasteiger partial charge in [-0.05, 0) is 89.5 Å². The minimum Gasteiger partial charge on any atom is -0.490 e. The Kier molecular flexibility index (Phi) is 7.80. The number of aliphatic imine (C=N–C) groups is 1. The van der Waals surface area contributed by atoms with Crippen LogP contribution in [0.15, 0.2) is 65.3 Å². The second-order valence-corrected chi connectivity index (χ2v) is 9.42. The Morgan fingerprint density at radius 2 is 1.85 bits per heavy atom. The van der Waals surface area contributed by atoms with E-state index in [0.717, 1.165) is 20.3 Å². The lowest BCUT2D eigenvalue weighted by molar-refractivity contribution is -0.129. The van der Waals surface area contributed by atoms with Crippen LogP contribution in [-0.2, 0) is 16.1 Å². The summed E-state index contributed by atoms with van der Waals surface area (Å²) in [6.45, 7) is 4.85. The number of carbonyl (C=O) groups is 1. The molecule has 0 aliphatic carbocycles. The highest BCUT2D eigenvalue weighted by molar-refractivity contribution is 14.1. The zero-order valence-corrected chi connectivity index (χ0v) is 22.1. The maximum atomic E-state index is 12.4. The quantitative estimate of drug-likeness (QED) is 0.162. The van der Waals surface area contributed by atoms with Crippen molar-refractivity contribution in [1.29, 1.82) is 0 Å². The van der Waals surface area contributed by atoms with E-state index in [2.05, 4.69) is 40.6 Å². The lowest BCUT2D eigenvalue weighted by Crippen LogP contribution is -2.05. The molecule has 34 heavy (non-hydrogen) atoms. The highest BCUT2D eigenvalue weighted by Gasteiger charge is 2.25. The molecule has 1 aliphatic heterocycles. The van der Waals surface area contributed by atoms with Crippen LogP contribution in [0.4, 0.5) is 0 Å². The summed E-state index contributed by atoms with van der Waals surface area (Å²) in [7, 11) is 0. The molecule has 0 unspecified atom stereocenters. The lowest BCUT2D eigenvalue weighted by atomic mass is 10.1. The van der Waals surface area contributed by atoms with Gasteiger partial charge in [0.25, 0.3) is 0 Å². The van der Waals surface area contributed by atoms with Gasteiger partial charge >= 0.3 is 5.97 Å². The second-order valence-electron chi connectivity index (χ2n) is 7.44. The average molecular weight is 608 g/mol. The van der Waals surface area contributed by atoms with E-state index in [1.165, 1.54) is 0 Å². The molecule has 0 radical (unpaired) electrons. The molecule has 0 spiro atoms. The van der Waals surface area contributed by atoms with Crippen LogP contribution < -0.4 is 9.47 Å². The summed E-state index contributed by atoms with van der Waals surface area (Å²) in [5.41, 5.74) is 3.74. The van der Waals surface area contributed by atoms with Crippen molar-refractivity contribution in [2.24, 2.45) is 4.99 Å². The summed E-state index contributed by atoms with van der Waals surface area (Å²) >= 11 is 14.3. The number of benzene rings is 3. The van der Waals surface area contributed by atoms with Crippen molar-refractivity contribution in [2.75, 3.05) is 6.61 Å². The van der Waals surface area contributed by atoms with E-state index in [0.29, 0.717) is 40.3 Å². The molecule has 1 heterocycles. The first kappa shape index (κ1) is 24.6. The van der Waals surface area contributed by atoms with Crippen LogP contribution in [0.3, 0.4) is 0 Å². The van der Waals surface area contributed by atoms with E-state index in [4.69, 9.17) is 37.4 Å². The standard InChI is InChI=1S/C26H20Cl2INO4/c1-3-32-23-12-16(10-21(29)24(23)33-14-18-7-5-4-6-15(18)2)11-22-26(31)34-25(30-22)17-8-9-19(27)20(28)13-17/h4-13H,3,14H2,1-2H3/b22-11-. The van der Waals surface area contributed by atoms with Crippen LogP contribution in [-0.4, -0.2) is 18.5 Å². The topological polar surface area (TPSA) is 57.1 Å². The van der Waals surface area contributed by atoms with E-state index < -0.39 is 5.97 Å². The van der Waals surface area contributed by atoms with Crippen molar-refractivity contribution in [1.82, 2.24) is 0 Å². The van der Waals surface area contributed by atoms with Crippen molar-refractivity contribution < 1.29 is 19.0 Å². The summed E-state index contributed by atoms with van der Waals surface area (Å²) in [6.07, 6.45) is 1.66. The lowest BCUT2D eigenvalue weighted by Gasteiger charge is -2.15. The number of hydrogen-bond acceptors (Lipinski definition) is 5. The summed E-state index contributed by atoms with van der Waals surface area (Å²) in [4.78, 5) is 16.8. The van der Waals surface area contributed by atoms with Crippen molar-refractivity contribution >= 4 is 63.7 Å². The predicted octanol–water partition coefficient (Wildman–Crippen LogP) is 7.23. The van der Waals surface area contributed by atoms with Gasteiger partial charge in [0.15, 0.2) is 17.2 Å². The highest BCUT2D eigenvalue weighted by atomic mass is 127. The third kappa shape index (κ3) is 5.56. The SMILES string of the molecule is CCOc1cc(/C=C2\N=C(c3ccc(Cl)c(Cl)c3)OC2=O)cc(I)c1OCc1ccccc1C. The Labute approximate surface area is 221 Å². The molecule has 3 aromatic carbocycles. The van der Waals surface area contributed by atoms with Gasteiger partial charge in [0.2, 0.25) is 5.90 Å². The Morgan fingerprint density at radius 1 is 1.06 bits per heavy atom. The van der Waals surface area contributed by atoms with Gasteiger partial charge in [0, 0.05) is 5.56 Å². The highest BCUT2D eigenvalue weighted by Crippen LogP contribution is 2.36. The number of cyclic esters (lactones) is 1. The minimum absolute atomic E-state index is 0.174. The molecule has 8 heteroatoms. The zero-order valence-electron chi connectivity index (χ0n) is 18.4. The first-order valence-electron chi connectivity index (χ1n) is 10.5. The van der Waals surface area contributed by atoms with Crippen molar-refractivity contribution in [2.45, 2.75) is 20.5 Å². The van der Waals surface area contributed by atoms with Gasteiger partial charge in [-0.3, -0.25) is 0 Å². The number of hydrogen-bond donors (Lipinski definition) is 0. The molecule has 0 aromatic heterocycles. The molecule has 3 aromatic rings. The number of rotatable bonds is 7. The first-order valence-corrected chi connectivity index (χ1v) is 12.3. The molecular weight excluding hydrogens is 588 g/mol. The molecule has 5 nitrogen and oxygen atoms in total. The van der Waals surface area contributed by atoms with Gasteiger partial charge in [0.1, 0.15) is 6.61 Å². The number of aryl methyl sites for hydroxylation is 1. The molecule has 0 saturated carbocycles. The molecule has 0 saturated heterocycles. The van der Waals surface area contributed by atoms with Crippen LogP contribution in [0.2, 0.25) is 10.0 Å². The van der Waals surface area contributed by atoms with E-state index in [1.807, 2.05) is 37.3 Å². The largest absolute Gasteiger partial charge is 0.490 e. The molecule has 0 N–H and O–H groups in total. The summed E-state index contributed by atoms with van der Waals surface area (Å²) in [5.74, 6) is 0.874. The number of esters is 1. The van der Waals surface area contributed by atoms with E-state index in [-0.39, 0.29) is 11.6 Å². The molecule has 0 fully saturated rings. The van der Waals surface area contributed by atoms with Crippen LogP contribution in [0.25, 0.3) is 6.08 Å². The van der Waals surface area contributed by atoms with E-state index >= 15 is 0 Å². The summed E-state index contributed by atoms with van der Waals surface area (Å²) in [6, 6.07) is 16.7. The monoisotopic (exact) mass is 607 g/mol. The van der Waals surface area contributed by atoms with E-state index in [9.17, 15) is 4.79 Å². The Hall–Kier alpha value is -2.55. The first-order chi connectivity index (χ1) is 16.4. The van der Waals surface area contributed by atoms with Gasteiger partial charge in [-0.25, -0.2) is 9.79 Å². The number of halogens is 3. The molecule has 0 bridgehead atoms. The van der Waals surface area contributed by atoms with Crippen LogP contribution in [0.5, 0.6) is 11.5 Å². The maximum absolute atomic E-state index is 12.4. The predicted molar refractivity (Wildman–Crippen MR) is 143 cm³/mol. The van der Waals surface area contributed by atoms with Gasteiger partial charge in [-0.15, -0.1) is 0 Å². The molecule has 174 valence electrons. The van der Waals surface area contributed by atoms with E-state index in [1.54, 1.807) is 24.3 Å². The molecule has 0 amide bonds. The third-order valence-corrected chi connectivity index (χ3v) is 6.60. The molecule has 4 rings (SSSR count). The Bertz CT molecular complexity index is 1320. The van der Waals surface area contributed by atoms with Crippen LogP contribution in [0.1, 0.15) is 29.2 Å². The average Bonchev–Trinajstić information content (AvgIpc) is 3.16. The fraction of sp³-hybridized carbons (Fsp3) is 0.154. The number of ether oxygens (including phenoxy) is 3. The van der Waals surface area contributed by atoms with Crippen molar-refractivity contribution in [3.8, 4) is 11.5 Å². The van der Waals surface area contributed by atoms with Gasteiger partial charge in [0.05, 0.1) is 20.2 Å². The summed E-state index contributed by atoms with van der Waals surface area (Å²) < 4.78 is 18.2. The second kappa shape index (κ2) is 10.8. The smallest absolute Gasteiger partial charge is 0.363 e. The Balaban J connectivity index is 1.62. The van der Waals surface area contributed by atoms with Gasteiger partial charge < -0.3 is 14.2 Å². The third-order valence-electron chi connectivity index (χ3n) is 5.06. The Morgan fingerprint density at radius 3 is 2.59 bits per heavy atom.